The topological polar surface area (TPSA) is 154 Å². The van der Waals surface area contributed by atoms with Crippen LogP contribution in [-0.4, -0.2) is 37.5 Å². The summed E-state index contributed by atoms with van der Waals surface area (Å²) >= 11 is 0. The van der Waals surface area contributed by atoms with Crippen LogP contribution in [0.1, 0.15) is 17.0 Å². The summed E-state index contributed by atoms with van der Waals surface area (Å²) in [5.74, 6) is -5.77. The van der Waals surface area contributed by atoms with Gasteiger partial charge in [0.1, 0.15) is 5.92 Å². The molecule has 0 bridgehead atoms. The van der Waals surface area contributed by atoms with E-state index in [9.17, 15) is 29.1 Å². The van der Waals surface area contributed by atoms with E-state index in [1.807, 2.05) is 36.4 Å². The summed E-state index contributed by atoms with van der Waals surface area (Å²) in [6.45, 7) is 0. The number of urea groups is 1. The Kier molecular flexibility index (Phi) is 6.55. The molecule has 0 spiro atoms. The number of amides is 4. The molecule has 0 radical (unpaired) electrons. The number of nitrogens with one attached hydrogen (secondary N) is 2. The molecular formula is C34H23N5O6. The Morgan fingerprint density at radius 1 is 0.711 bits per heavy atom. The van der Waals surface area contributed by atoms with Gasteiger partial charge in [0.15, 0.2) is 0 Å². The van der Waals surface area contributed by atoms with Crippen LogP contribution in [0, 0.1) is 5.92 Å². The molecule has 3 N–H and O–H groups in total. The first-order chi connectivity index (χ1) is 21.8. The fourth-order valence-electron chi connectivity index (χ4n) is 6.06. The molecule has 2 atom stereocenters. The molecule has 2 aromatic heterocycles. The van der Waals surface area contributed by atoms with Crippen LogP contribution >= 0.6 is 0 Å². The van der Waals surface area contributed by atoms with Gasteiger partial charge in [0, 0.05) is 29.1 Å². The van der Waals surface area contributed by atoms with E-state index in [1.54, 1.807) is 48.5 Å². The number of aromatic nitrogens is 3. The van der Waals surface area contributed by atoms with Crippen molar-refractivity contribution < 1.29 is 19.5 Å². The number of anilines is 1. The molecule has 7 rings (SSSR count). The van der Waals surface area contributed by atoms with Crippen molar-refractivity contribution in [3.8, 4) is 11.6 Å². The van der Waals surface area contributed by atoms with Crippen LogP contribution in [0.5, 0.6) is 5.88 Å². The number of carbonyl (C=O) groups excluding carboxylic acids is 3. The number of carbonyl (C=O) groups is 3. The van der Waals surface area contributed by atoms with Crippen LogP contribution < -0.4 is 21.5 Å². The predicted octanol–water partition coefficient (Wildman–Crippen LogP) is 3.96. The molecular weight excluding hydrogens is 574 g/mol. The first kappa shape index (κ1) is 27.5. The number of H-pyrrole nitrogens is 1. The maximum absolute atomic E-state index is 14.4. The second-order valence-corrected chi connectivity index (χ2v) is 10.5. The fourth-order valence-corrected chi connectivity index (χ4v) is 6.06. The minimum absolute atomic E-state index is 0.237. The smallest absolute Gasteiger partial charge is 0.335 e. The van der Waals surface area contributed by atoms with Crippen molar-refractivity contribution in [3.05, 3.63) is 141 Å². The molecule has 1 aliphatic heterocycles. The number of pyridine rings is 1. The molecule has 11 nitrogen and oxygen atoms in total. The van der Waals surface area contributed by atoms with Crippen molar-refractivity contribution >= 4 is 45.1 Å². The minimum Gasteiger partial charge on any atom is -0.494 e. The number of fused-ring (bicyclic) bond motifs is 2. The van der Waals surface area contributed by atoms with Gasteiger partial charge >= 0.3 is 11.7 Å². The zero-order valence-electron chi connectivity index (χ0n) is 23.4. The second kappa shape index (κ2) is 10.7. The number of rotatable bonds is 5. The molecule has 0 unspecified atom stereocenters. The van der Waals surface area contributed by atoms with Crippen LogP contribution in [0.25, 0.3) is 27.2 Å². The summed E-state index contributed by atoms with van der Waals surface area (Å²) in [5, 5.41) is 16.8. The van der Waals surface area contributed by atoms with Crippen LogP contribution in [0.15, 0.2) is 119 Å². The molecule has 1 fully saturated rings. The zero-order chi connectivity index (χ0) is 31.2. The molecule has 0 aliphatic carbocycles. The van der Waals surface area contributed by atoms with Gasteiger partial charge in [0.25, 0.3) is 5.56 Å². The predicted molar refractivity (Wildman–Crippen MR) is 166 cm³/mol. The van der Waals surface area contributed by atoms with E-state index in [2.05, 4.69) is 15.3 Å². The molecule has 4 amide bonds. The molecule has 1 saturated heterocycles. The highest BCUT2D eigenvalue weighted by molar-refractivity contribution is 6.30. The van der Waals surface area contributed by atoms with E-state index < -0.39 is 52.4 Å². The van der Waals surface area contributed by atoms with Crippen LogP contribution in [0.4, 0.5) is 10.5 Å². The Balaban J connectivity index is 1.46. The molecule has 4 aromatic carbocycles. The first-order valence-corrected chi connectivity index (χ1v) is 14.0. The number of benzene rings is 4. The summed E-state index contributed by atoms with van der Waals surface area (Å²) in [6.07, 6.45) is 2.82. The number of aromatic hydroxyl groups is 1. The van der Waals surface area contributed by atoms with Crippen molar-refractivity contribution in [2.45, 2.75) is 5.92 Å². The lowest BCUT2D eigenvalue weighted by Crippen LogP contribution is -2.60. The van der Waals surface area contributed by atoms with Crippen molar-refractivity contribution in [1.82, 2.24) is 19.9 Å². The van der Waals surface area contributed by atoms with Crippen LogP contribution in [0.3, 0.4) is 0 Å². The SMILES string of the molecule is O=C1NC(=O)N(c2cccc3ccccc23)C(=O)[C@H]1[C@@H](c1ccncc1)c1c(O)n(-c2cccc3ccccc23)c(=O)[nH]c1=O. The Hall–Kier alpha value is -6.36. The van der Waals surface area contributed by atoms with E-state index in [4.69, 9.17) is 0 Å². The van der Waals surface area contributed by atoms with Gasteiger partial charge in [-0.2, -0.15) is 0 Å². The van der Waals surface area contributed by atoms with Gasteiger partial charge in [0.05, 0.1) is 16.9 Å². The van der Waals surface area contributed by atoms with E-state index >= 15 is 0 Å². The summed E-state index contributed by atoms with van der Waals surface area (Å²) in [4.78, 5) is 75.2. The standard InChI is InChI=1S/C34H23N5O6/c40-29-27(31(42)38(33(44)36-29)24-13-5-9-19-7-1-3-11-22(19)24)26(21-15-17-35-18-16-21)28-30(41)37-34(45)39(32(28)43)25-14-6-10-20-8-2-4-12-23(20)25/h1-18,26-27,43H,(H,36,40,44)(H,37,41,45)/t26-,27+/m1/s1. The molecule has 6 aromatic rings. The third kappa shape index (κ3) is 4.45. The quantitative estimate of drug-likeness (QED) is 0.254. The average Bonchev–Trinajstić information content (AvgIpc) is 3.04. The number of imide groups is 2. The number of hydrogen-bond acceptors (Lipinski definition) is 7. The van der Waals surface area contributed by atoms with E-state index in [0.29, 0.717) is 10.8 Å². The van der Waals surface area contributed by atoms with E-state index in [-0.39, 0.29) is 16.9 Å². The van der Waals surface area contributed by atoms with Gasteiger partial charge < -0.3 is 5.11 Å². The summed E-state index contributed by atoms with van der Waals surface area (Å²) in [6, 6.07) is 26.6. The number of hydrogen-bond donors (Lipinski definition) is 3. The zero-order valence-corrected chi connectivity index (χ0v) is 23.4. The van der Waals surface area contributed by atoms with Gasteiger partial charge in [0.2, 0.25) is 17.7 Å². The average molecular weight is 598 g/mol. The lowest BCUT2D eigenvalue weighted by molar-refractivity contribution is -0.134. The van der Waals surface area contributed by atoms with Gasteiger partial charge in [-0.05, 0) is 40.6 Å². The number of nitrogens with zero attached hydrogens (tertiary/aromatic N) is 3. The minimum atomic E-state index is -1.70. The molecule has 220 valence electrons. The van der Waals surface area contributed by atoms with Crippen LogP contribution in [-0.2, 0) is 9.59 Å². The Bertz CT molecular complexity index is 2280. The maximum Gasteiger partial charge on any atom is 0.335 e. The van der Waals surface area contributed by atoms with Gasteiger partial charge in [-0.3, -0.25) is 29.7 Å². The molecule has 0 saturated carbocycles. The normalized spacial score (nSPS) is 15.8. The van der Waals surface area contributed by atoms with Crippen molar-refractivity contribution in [3.63, 3.8) is 0 Å². The van der Waals surface area contributed by atoms with Crippen LogP contribution in [0.2, 0.25) is 0 Å². The van der Waals surface area contributed by atoms with E-state index in [0.717, 1.165) is 20.2 Å². The largest absolute Gasteiger partial charge is 0.494 e. The molecule has 3 heterocycles. The second-order valence-electron chi connectivity index (χ2n) is 10.5. The Labute approximate surface area is 254 Å². The fraction of sp³-hybridized carbons (Fsp3) is 0.0588. The molecule has 1 aliphatic rings. The van der Waals surface area contributed by atoms with Gasteiger partial charge in [-0.25, -0.2) is 19.1 Å². The lowest BCUT2D eigenvalue weighted by Gasteiger charge is -2.35. The highest BCUT2D eigenvalue weighted by atomic mass is 16.3. The lowest BCUT2D eigenvalue weighted by atomic mass is 9.79. The Morgan fingerprint density at radius 3 is 1.96 bits per heavy atom. The maximum atomic E-state index is 14.4. The van der Waals surface area contributed by atoms with Gasteiger partial charge in [-0.15, -0.1) is 0 Å². The Morgan fingerprint density at radius 2 is 1.29 bits per heavy atom. The third-order valence-electron chi connectivity index (χ3n) is 8.05. The number of barbiturate groups is 1. The van der Waals surface area contributed by atoms with Crippen molar-refractivity contribution in [1.29, 1.82) is 0 Å². The molecule has 11 heteroatoms. The summed E-state index contributed by atoms with van der Waals surface area (Å²) < 4.78 is 0.937. The van der Waals surface area contributed by atoms with E-state index in [1.165, 1.54) is 24.5 Å². The van der Waals surface area contributed by atoms with Crippen molar-refractivity contribution in [2.75, 3.05) is 4.90 Å². The first-order valence-electron chi connectivity index (χ1n) is 14.0. The van der Waals surface area contributed by atoms with Gasteiger partial charge in [-0.1, -0.05) is 72.8 Å². The summed E-state index contributed by atoms with van der Waals surface area (Å²) in [5.41, 5.74) is -1.54. The summed E-state index contributed by atoms with van der Waals surface area (Å²) in [7, 11) is 0. The highest BCUT2D eigenvalue weighted by Crippen LogP contribution is 2.39. The van der Waals surface area contributed by atoms with Crippen molar-refractivity contribution in [2.24, 2.45) is 5.92 Å². The highest BCUT2D eigenvalue weighted by Gasteiger charge is 2.48. The third-order valence-corrected chi connectivity index (χ3v) is 8.05. The monoisotopic (exact) mass is 597 g/mol. The molecule has 45 heavy (non-hydrogen) atoms. The number of aromatic amines is 1.